The van der Waals surface area contributed by atoms with Crippen LogP contribution in [0.5, 0.6) is 0 Å². The van der Waals surface area contributed by atoms with E-state index >= 15 is 0 Å². The molecule has 3 nitrogen and oxygen atoms in total. The summed E-state index contributed by atoms with van der Waals surface area (Å²) in [6, 6.07) is 15.4. The molecule has 1 N–H and O–H groups in total. The van der Waals surface area contributed by atoms with Crippen molar-refractivity contribution in [3.05, 3.63) is 65.5 Å². The third-order valence-electron chi connectivity index (χ3n) is 5.03. The van der Waals surface area contributed by atoms with E-state index in [0.717, 1.165) is 31.6 Å². The Morgan fingerprint density at radius 3 is 2.64 bits per heavy atom. The summed E-state index contributed by atoms with van der Waals surface area (Å²) in [6.07, 6.45) is 5.14. The van der Waals surface area contributed by atoms with Crippen molar-refractivity contribution in [2.45, 2.75) is 64.1 Å². The van der Waals surface area contributed by atoms with E-state index in [1.807, 2.05) is 18.3 Å². The van der Waals surface area contributed by atoms with E-state index in [1.54, 1.807) is 0 Å². The highest BCUT2D eigenvalue weighted by Crippen LogP contribution is 2.49. The van der Waals surface area contributed by atoms with Crippen molar-refractivity contribution in [2.75, 3.05) is 6.61 Å². The second kappa shape index (κ2) is 7.27. The summed E-state index contributed by atoms with van der Waals surface area (Å²) in [5.74, 6) is 0. The van der Waals surface area contributed by atoms with Crippen LogP contribution in [0.25, 0.3) is 0 Å². The molecule has 0 bridgehead atoms. The standard InChI is InChI=1S/C22H30N2O/c1-5-25-22(12-13-22)19-10-8-9-18(16-19)15-17(2)24-21(3,4)20-11-6-7-14-23-20/h6-11,14,16-17,24H,5,12-13,15H2,1-4H3. The van der Waals surface area contributed by atoms with Crippen LogP contribution in [0.15, 0.2) is 48.7 Å². The van der Waals surface area contributed by atoms with Crippen LogP contribution < -0.4 is 5.32 Å². The fourth-order valence-electron chi connectivity index (χ4n) is 3.71. The zero-order valence-corrected chi connectivity index (χ0v) is 15.9. The van der Waals surface area contributed by atoms with Gasteiger partial charge in [-0.15, -0.1) is 0 Å². The van der Waals surface area contributed by atoms with Crippen LogP contribution in [0.4, 0.5) is 0 Å². The van der Waals surface area contributed by atoms with Gasteiger partial charge >= 0.3 is 0 Å². The van der Waals surface area contributed by atoms with Gasteiger partial charge in [-0.3, -0.25) is 4.98 Å². The molecule has 1 atom stereocenters. The van der Waals surface area contributed by atoms with Crippen LogP contribution in [0.3, 0.4) is 0 Å². The second-order valence-electron chi connectivity index (χ2n) is 7.72. The molecule has 1 saturated carbocycles. The number of aromatic nitrogens is 1. The number of nitrogens with one attached hydrogen (secondary N) is 1. The van der Waals surface area contributed by atoms with E-state index in [9.17, 15) is 0 Å². The Bertz CT molecular complexity index is 692. The minimum absolute atomic E-state index is 0.00530. The van der Waals surface area contributed by atoms with Gasteiger partial charge in [0.2, 0.25) is 0 Å². The van der Waals surface area contributed by atoms with Crippen molar-refractivity contribution in [1.82, 2.24) is 10.3 Å². The van der Waals surface area contributed by atoms with Crippen molar-refractivity contribution in [1.29, 1.82) is 0 Å². The van der Waals surface area contributed by atoms with E-state index in [-0.39, 0.29) is 11.1 Å². The number of benzene rings is 1. The van der Waals surface area contributed by atoms with Crippen molar-refractivity contribution < 1.29 is 4.74 Å². The topological polar surface area (TPSA) is 34.1 Å². The van der Waals surface area contributed by atoms with Gasteiger partial charge < -0.3 is 10.1 Å². The molecule has 1 aliphatic carbocycles. The predicted octanol–water partition coefficient (Wildman–Crippen LogP) is 4.56. The van der Waals surface area contributed by atoms with Crippen LogP contribution >= 0.6 is 0 Å². The number of pyridine rings is 1. The average molecular weight is 338 g/mol. The largest absolute Gasteiger partial charge is 0.371 e. The van der Waals surface area contributed by atoms with E-state index in [2.05, 4.69) is 68.3 Å². The molecule has 0 amide bonds. The number of ether oxygens (including phenoxy) is 1. The summed E-state index contributed by atoms with van der Waals surface area (Å²) in [4.78, 5) is 4.51. The number of hydrogen-bond acceptors (Lipinski definition) is 3. The summed E-state index contributed by atoms with van der Waals surface area (Å²) < 4.78 is 6.00. The highest BCUT2D eigenvalue weighted by molar-refractivity contribution is 5.32. The Morgan fingerprint density at radius 2 is 2.00 bits per heavy atom. The quantitative estimate of drug-likeness (QED) is 0.766. The molecule has 1 fully saturated rings. The lowest BCUT2D eigenvalue weighted by atomic mass is 9.96. The zero-order valence-electron chi connectivity index (χ0n) is 15.9. The molecule has 1 heterocycles. The molecule has 0 spiro atoms. The number of nitrogens with zero attached hydrogens (tertiary/aromatic N) is 1. The first-order chi connectivity index (χ1) is 12.0. The third-order valence-corrected chi connectivity index (χ3v) is 5.03. The first kappa shape index (κ1) is 18.1. The van der Waals surface area contributed by atoms with E-state index in [4.69, 9.17) is 4.74 Å². The van der Waals surface area contributed by atoms with Gasteiger partial charge in [0.15, 0.2) is 0 Å². The Morgan fingerprint density at radius 1 is 1.20 bits per heavy atom. The Kier molecular flexibility index (Phi) is 5.26. The lowest BCUT2D eigenvalue weighted by Gasteiger charge is -2.30. The van der Waals surface area contributed by atoms with Crippen LogP contribution in [0, 0.1) is 0 Å². The van der Waals surface area contributed by atoms with Gasteiger partial charge in [0.25, 0.3) is 0 Å². The molecule has 1 aromatic heterocycles. The highest BCUT2D eigenvalue weighted by Gasteiger charge is 2.45. The monoisotopic (exact) mass is 338 g/mol. The van der Waals surface area contributed by atoms with Gasteiger partial charge in [0, 0.05) is 18.8 Å². The number of hydrogen-bond donors (Lipinski definition) is 1. The summed E-state index contributed by atoms with van der Waals surface area (Å²) in [6.45, 7) is 9.48. The maximum atomic E-state index is 6.00. The first-order valence-electron chi connectivity index (χ1n) is 9.38. The van der Waals surface area contributed by atoms with Crippen LogP contribution in [0.1, 0.15) is 57.4 Å². The maximum absolute atomic E-state index is 6.00. The Labute approximate surface area is 151 Å². The molecule has 3 heteroatoms. The molecule has 3 rings (SSSR count). The van der Waals surface area contributed by atoms with Gasteiger partial charge in [0.05, 0.1) is 16.8 Å². The predicted molar refractivity (Wildman–Crippen MR) is 103 cm³/mol. The fraction of sp³-hybridized carbons (Fsp3) is 0.500. The SMILES string of the molecule is CCOC1(c2cccc(CC(C)NC(C)(C)c3ccccn3)c2)CC1. The third kappa shape index (κ3) is 4.28. The van der Waals surface area contributed by atoms with Crippen molar-refractivity contribution in [2.24, 2.45) is 0 Å². The Balaban J connectivity index is 1.66. The molecular formula is C22H30N2O. The summed E-state index contributed by atoms with van der Waals surface area (Å²) in [5.41, 5.74) is 3.61. The van der Waals surface area contributed by atoms with Gasteiger partial charge in [0.1, 0.15) is 0 Å². The van der Waals surface area contributed by atoms with Crippen LogP contribution in [0.2, 0.25) is 0 Å². The summed E-state index contributed by atoms with van der Waals surface area (Å²) >= 11 is 0. The maximum Gasteiger partial charge on any atom is 0.0933 e. The smallest absolute Gasteiger partial charge is 0.0933 e. The van der Waals surface area contributed by atoms with Gasteiger partial charge in [-0.1, -0.05) is 30.3 Å². The van der Waals surface area contributed by atoms with Gasteiger partial charge in [-0.05, 0) is 70.2 Å². The van der Waals surface area contributed by atoms with Crippen LogP contribution in [-0.2, 0) is 22.3 Å². The van der Waals surface area contributed by atoms with E-state index < -0.39 is 0 Å². The van der Waals surface area contributed by atoms with Crippen LogP contribution in [-0.4, -0.2) is 17.6 Å². The molecular weight excluding hydrogens is 308 g/mol. The normalized spacial score (nSPS) is 17.3. The molecule has 2 aromatic rings. The minimum atomic E-state index is -0.151. The molecule has 0 radical (unpaired) electrons. The minimum Gasteiger partial charge on any atom is -0.371 e. The second-order valence-corrected chi connectivity index (χ2v) is 7.72. The van der Waals surface area contributed by atoms with Crippen molar-refractivity contribution in [3.8, 4) is 0 Å². The average Bonchev–Trinajstić information content (AvgIpc) is 3.37. The lowest BCUT2D eigenvalue weighted by molar-refractivity contribution is 0.0395. The van der Waals surface area contributed by atoms with Crippen molar-refractivity contribution in [3.63, 3.8) is 0 Å². The highest BCUT2D eigenvalue weighted by atomic mass is 16.5. The zero-order chi connectivity index (χ0) is 17.9. The number of rotatable bonds is 8. The molecule has 1 aromatic carbocycles. The molecule has 134 valence electrons. The summed E-state index contributed by atoms with van der Waals surface area (Å²) in [5, 5.41) is 3.73. The summed E-state index contributed by atoms with van der Waals surface area (Å²) in [7, 11) is 0. The lowest BCUT2D eigenvalue weighted by Crippen LogP contribution is -2.43. The van der Waals surface area contributed by atoms with E-state index in [0.29, 0.717) is 6.04 Å². The first-order valence-corrected chi connectivity index (χ1v) is 9.38. The molecule has 0 saturated heterocycles. The Hall–Kier alpha value is -1.71. The molecule has 1 aliphatic rings. The van der Waals surface area contributed by atoms with E-state index in [1.165, 1.54) is 11.1 Å². The molecule has 25 heavy (non-hydrogen) atoms. The molecule has 1 unspecified atom stereocenters. The van der Waals surface area contributed by atoms with Crippen molar-refractivity contribution >= 4 is 0 Å². The van der Waals surface area contributed by atoms with Gasteiger partial charge in [-0.2, -0.15) is 0 Å². The van der Waals surface area contributed by atoms with Gasteiger partial charge in [-0.25, -0.2) is 0 Å². The fourth-order valence-corrected chi connectivity index (χ4v) is 3.71. The molecule has 0 aliphatic heterocycles.